The Kier molecular flexibility index (Phi) is 4.84. The summed E-state index contributed by atoms with van der Waals surface area (Å²) in [4.78, 5) is 32.0. The summed E-state index contributed by atoms with van der Waals surface area (Å²) in [5, 5.41) is 2.76. The van der Waals surface area contributed by atoms with Crippen molar-refractivity contribution >= 4 is 5.91 Å². The molecule has 1 amide bonds. The van der Waals surface area contributed by atoms with Crippen molar-refractivity contribution in [1.82, 2.24) is 20.2 Å². The van der Waals surface area contributed by atoms with E-state index in [0.717, 1.165) is 12.1 Å². The normalized spacial score (nSPS) is 10.6. The van der Waals surface area contributed by atoms with Crippen molar-refractivity contribution < 1.29 is 4.79 Å². The van der Waals surface area contributed by atoms with Crippen molar-refractivity contribution in [3.63, 3.8) is 0 Å². The molecule has 6 nitrogen and oxygen atoms in total. The quantitative estimate of drug-likeness (QED) is 0.849. The first-order chi connectivity index (χ1) is 10.1. The lowest BCUT2D eigenvalue weighted by atomic mass is 10.1. The monoisotopic (exact) mass is 286 g/mol. The van der Waals surface area contributed by atoms with E-state index < -0.39 is 5.69 Å². The molecule has 0 radical (unpaired) electrons. The first-order valence-electron chi connectivity index (χ1n) is 6.66. The molecule has 0 unspecified atom stereocenters. The molecule has 0 bridgehead atoms. The molecular formula is C15H18N4O2. The number of carbonyl (C=O) groups is 1. The van der Waals surface area contributed by atoms with E-state index in [4.69, 9.17) is 0 Å². The van der Waals surface area contributed by atoms with E-state index in [1.54, 1.807) is 6.07 Å². The van der Waals surface area contributed by atoms with Crippen LogP contribution in [0.1, 0.15) is 10.5 Å². The molecule has 1 heterocycles. The minimum absolute atomic E-state index is 0.215. The van der Waals surface area contributed by atoms with Crippen LogP contribution in [-0.2, 0) is 0 Å². The standard InChI is InChI=1S/C15H18N4O2/c1-19(2)9-8-16-14(20)13-10-12(17-15(21)18-13)11-6-4-3-5-7-11/h3-7,10H,8-9H2,1-2H3,(H,16,20)(H,17,18,21). The lowest BCUT2D eigenvalue weighted by Crippen LogP contribution is -2.33. The van der Waals surface area contributed by atoms with Crippen LogP contribution in [0.25, 0.3) is 11.3 Å². The van der Waals surface area contributed by atoms with Gasteiger partial charge in [0.1, 0.15) is 5.69 Å². The van der Waals surface area contributed by atoms with Gasteiger partial charge in [-0.1, -0.05) is 30.3 Å². The minimum atomic E-state index is -0.533. The number of hydrogen-bond acceptors (Lipinski definition) is 4. The van der Waals surface area contributed by atoms with Crippen molar-refractivity contribution in [3.8, 4) is 11.3 Å². The lowest BCUT2D eigenvalue weighted by molar-refractivity contribution is 0.0945. The molecule has 1 aromatic carbocycles. The van der Waals surface area contributed by atoms with E-state index in [1.165, 1.54) is 0 Å². The zero-order valence-corrected chi connectivity index (χ0v) is 12.1. The number of H-pyrrole nitrogens is 1. The molecule has 2 aromatic rings. The zero-order valence-electron chi connectivity index (χ0n) is 12.1. The molecule has 0 aliphatic rings. The van der Waals surface area contributed by atoms with E-state index in [2.05, 4.69) is 15.3 Å². The number of likely N-dealkylation sites (N-methyl/N-ethyl adjacent to an activating group) is 1. The molecule has 21 heavy (non-hydrogen) atoms. The van der Waals surface area contributed by atoms with Crippen LogP contribution >= 0.6 is 0 Å². The summed E-state index contributed by atoms with van der Waals surface area (Å²) < 4.78 is 0. The van der Waals surface area contributed by atoms with E-state index >= 15 is 0 Å². The van der Waals surface area contributed by atoms with Crippen molar-refractivity contribution in [2.75, 3.05) is 27.2 Å². The molecule has 2 N–H and O–H groups in total. The first kappa shape index (κ1) is 14.9. The number of nitrogens with one attached hydrogen (secondary N) is 2. The summed E-state index contributed by atoms with van der Waals surface area (Å²) in [7, 11) is 3.85. The van der Waals surface area contributed by atoms with E-state index in [0.29, 0.717) is 12.2 Å². The maximum absolute atomic E-state index is 12.0. The molecule has 2 rings (SSSR count). The Morgan fingerprint density at radius 3 is 2.67 bits per heavy atom. The highest BCUT2D eigenvalue weighted by molar-refractivity contribution is 5.93. The summed E-state index contributed by atoms with van der Waals surface area (Å²) in [5.41, 5.74) is 0.963. The van der Waals surface area contributed by atoms with E-state index in [-0.39, 0.29) is 11.6 Å². The lowest BCUT2D eigenvalue weighted by Gasteiger charge is -2.10. The van der Waals surface area contributed by atoms with Crippen LogP contribution in [-0.4, -0.2) is 48.0 Å². The predicted octanol–water partition coefficient (Wildman–Crippen LogP) is 0.728. The zero-order chi connectivity index (χ0) is 15.2. The number of nitrogens with zero attached hydrogens (tertiary/aromatic N) is 2. The van der Waals surface area contributed by atoms with Gasteiger partial charge in [0, 0.05) is 18.7 Å². The maximum Gasteiger partial charge on any atom is 0.346 e. The predicted molar refractivity (Wildman–Crippen MR) is 81.2 cm³/mol. The molecule has 0 aliphatic heterocycles. The molecule has 1 aromatic heterocycles. The van der Waals surface area contributed by atoms with Gasteiger partial charge in [-0.25, -0.2) is 4.79 Å². The Hall–Kier alpha value is -2.47. The number of aromatic amines is 1. The molecule has 0 atom stereocenters. The molecule has 6 heteroatoms. The summed E-state index contributed by atoms with van der Waals surface area (Å²) in [6.45, 7) is 1.24. The summed E-state index contributed by atoms with van der Waals surface area (Å²) in [6.07, 6.45) is 0. The highest BCUT2D eigenvalue weighted by Crippen LogP contribution is 2.14. The van der Waals surface area contributed by atoms with Gasteiger partial charge >= 0.3 is 5.69 Å². The Morgan fingerprint density at radius 1 is 1.29 bits per heavy atom. The highest BCUT2D eigenvalue weighted by Gasteiger charge is 2.10. The van der Waals surface area contributed by atoms with Crippen molar-refractivity contribution in [1.29, 1.82) is 0 Å². The fourth-order valence-electron chi connectivity index (χ4n) is 1.83. The van der Waals surface area contributed by atoms with Gasteiger partial charge in [0.05, 0.1) is 5.69 Å². The summed E-state index contributed by atoms with van der Waals surface area (Å²) in [5.74, 6) is -0.312. The fourth-order valence-corrected chi connectivity index (χ4v) is 1.83. The van der Waals surface area contributed by atoms with E-state index in [1.807, 2.05) is 49.3 Å². The minimum Gasteiger partial charge on any atom is -0.349 e. The van der Waals surface area contributed by atoms with Gasteiger partial charge < -0.3 is 15.2 Å². The summed E-state index contributed by atoms with van der Waals surface area (Å²) >= 11 is 0. The Balaban J connectivity index is 2.19. The van der Waals surface area contributed by atoms with Crippen LogP contribution in [0.3, 0.4) is 0 Å². The van der Waals surface area contributed by atoms with Gasteiger partial charge in [-0.05, 0) is 20.2 Å². The van der Waals surface area contributed by atoms with Gasteiger partial charge in [0.15, 0.2) is 0 Å². The molecule has 0 aliphatic carbocycles. The number of rotatable bonds is 5. The van der Waals surface area contributed by atoms with Crippen molar-refractivity contribution in [3.05, 3.63) is 52.6 Å². The highest BCUT2D eigenvalue weighted by atomic mass is 16.2. The third-order valence-electron chi connectivity index (χ3n) is 2.90. The average Bonchev–Trinajstić information content (AvgIpc) is 2.47. The van der Waals surface area contributed by atoms with Gasteiger partial charge in [-0.2, -0.15) is 4.98 Å². The molecule has 110 valence electrons. The average molecular weight is 286 g/mol. The topological polar surface area (TPSA) is 78.1 Å². The van der Waals surface area contributed by atoms with Crippen LogP contribution in [0.5, 0.6) is 0 Å². The fraction of sp³-hybridized carbons (Fsp3) is 0.267. The number of benzene rings is 1. The van der Waals surface area contributed by atoms with Gasteiger partial charge in [-0.15, -0.1) is 0 Å². The number of carbonyl (C=O) groups excluding carboxylic acids is 1. The van der Waals surface area contributed by atoms with E-state index in [9.17, 15) is 9.59 Å². The number of amides is 1. The van der Waals surface area contributed by atoms with Crippen LogP contribution in [0.2, 0.25) is 0 Å². The van der Waals surface area contributed by atoms with Crippen LogP contribution in [0.15, 0.2) is 41.2 Å². The largest absolute Gasteiger partial charge is 0.349 e. The first-order valence-corrected chi connectivity index (χ1v) is 6.66. The molecule has 0 saturated carbocycles. The Morgan fingerprint density at radius 2 is 2.00 bits per heavy atom. The second-order valence-electron chi connectivity index (χ2n) is 4.91. The van der Waals surface area contributed by atoms with Crippen LogP contribution in [0, 0.1) is 0 Å². The second-order valence-corrected chi connectivity index (χ2v) is 4.91. The smallest absolute Gasteiger partial charge is 0.346 e. The maximum atomic E-state index is 12.0. The Bertz CT molecular complexity index is 665. The molecule has 0 saturated heterocycles. The van der Waals surface area contributed by atoms with Crippen LogP contribution < -0.4 is 11.0 Å². The molecule has 0 spiro atoms. The second kappa shape index (κ2) is 6.81. The van der Waals surface area contributed by atoms with Gasteiger partial charge in [-0.3, -0.25) is 4.79 Å². The third kappa shape index (κ3) is 4.25. The van der Waals surface area contributed by atoms with Crippen molar-refractivity contribution in [2.45, 2.75) is 0 Å². The molecular weight excluding hydrogens is 268 g/mol. The van der Waals surface area contributed by atoms with Gasteiger partial charge in [0.2, 0.25) is 0 Å². The van der Waals surface area contributed by atoms with Crippen molar-refractivity contribution in [2.24, 2.45) is 0 Å². The molecule has 0 fully saturated rings. The third-order valence-corrected chi connectivity index (χ3v) is 2.90. The number of aromatic nitrogens is 2. The van der Waals surface area contributed by atoms with Crippen LogP contribution in [0.4, 0.5) is 0 Å². The Labute approximate surface area is 122 Å². The number of hydrogen-bond donors (Lipinski definition) is 2. The van der Waals surface area contributed by atoms with Gasteiger partial charge in [0.25, 0.3) is 5.91 Å². The summed E-state index contributed by atoms with van der Waals surface area (Å²) in [6, 6.07) is 10.9. The SMILES string of the molecule is CN(C)CCNC(=O)c1cc(-c2ccccc2)nc(=O)[nH]1.